The van der Waals surface area contributed by atoms with Crippen LogP contribution in [0.1, 0.15) is 28.4 Å². The smallest absolute Gasteiger partial charge is 0.310 e. The van der Waals surface area contributed by atoms with Crippen molar-refractivity contribution < 1.29 is 19.2 Å². The highest BCUT2D eigenvalue weighted by Crippen LogP contribution is 2.23. The lowest BCUT2D eigenvalue weighted by Gasteiger charge is -2.06. The van der Waals surface area contributed by atoms with E-state index in [0.29, 0.717) is 11.8 Å². The van der Waals surface area contributed by atoms with Gasteiger partial charge in [0.05, 0.1) is 18.0 Å². The molecule has 0 fully saturated rings. The molecule has 18 heavy (non-hydrogen) atoms. The minimum Gasteiger partial charge on any atom is -0.466 e. The van der Waals surface area contributed by atoms with Crippen LogP contribution in [0.25, 0.3) is 0 Å². The van der Waals surface area contributed by atoms with Crippen LogP contribution < -0.4 is 0 Å². The summed E-state index contributed by atoms with van der Waals surface area (Å²) in [6, 6.07) is 2.65. The molecule has 0 atom stereocenters. The van der Waals surface area contributed by atoms with Crippen LogP contribution in [0.5, 0.6) is 0 Å². The number of esters is 1. The molecule has 0 aliphatic carbocycles. The fourth-order valence-corrected chi connectivity index (χ4v) is 1.58. The molecule has 0 spiro atoms. The average Bonchev–Trinajstić information content (AvgIpc) is 2.29. The van der Waals surface area contributed by atoms with Crippen molar-refractivity contribution in [1.29, 1.82) is 0 Å². The quantitative estimate of drug-likeness (QED) is 0.345. The molecule has 0 amide bonds. The zero-order valence-electron chi connectivity index (χ0n) is 10.1. The molecule has 96 valence electrons. The number of carbonyl (C=O) groups excluding carboxylic acids is 2. The Morgan fingerprint density at radius 2 is 2.17 bits per heavy atom. The lowest BCUT2D eigenvalue weighted by atomic mass is 10.0. The SMILES string of the molecule is CCOC(=O)Cc1cc(C)c(C=O)cc1[N+](=O)[O-]. The van der Waals surface area contributed by atoms with Gasteiger partial charge in [-0.2, -0.15) is 0 Å². The van der Waals surface area contributed by atoms with Crippen LogP contribution in [-0.4, -0.2) is 23.8 Å². The van der Waals surface area contributed by atoms with Gasteiger partial charge in [0.2, 0.25) is 0 Å². The topological polar surface area (TPSA) is 86.5 Å². The number of aryl methyl sites for hydroxylation is 1. The number of nitrogens with zero attached hydrogens (tertiary/aromatic N) is 1. The largest absolute Gasteiger partial charge is 0.466 e. The van der Waals surface area contributed by atoms with Crippen LogP contribution in [0.4, 0.5) is 5.69 Å². The summed E-state index contributed by atoms with van der Waals surface area (Å²) in [5.41, 5.74) is 0.849. The monoisotopic (exact) mass is 251 g/mol. The van der Waals surface area contributed by atoms with Crippen LogP contribution in [0.3, 0.4) is 0 Å². The molecular formula is C12H13NO5. The summed E-state index contributed by atoms with van der Waals surface area (Å²) < 4.78 is 4.75. The van der Waals surface area contributed by atoms with Gasteiger partial charge in [-0.1, -0.05) is 0 Å². The molecule has 0 bridgehead atoms. The minimum atomic E-state index is -0.610. The van der Waals surface area contributed by atoms with Gasteiger partial charge in [0.1, 0.15) is 0 Å². The summed E-state index contributed by atoms with van der Waals surface area (Å²) in [7, 11) is 0. The number of benzene rings is 1. The fraction of sp³-hybridized carbons (Fsp3) is 0.333. The maximum Gasteiger partial charge on any atom is 0.310 e. The van der Waals surface area contributed by atoms with E-state index in [1.165, 1.54) is 12.1 Å². The van der Waals surface area contributed by atoms with Gasteiger partial charge in [-0.25, -0.2) is 0 Å². The van der Waals surface area contributed by atoms with Crippen LogP contribution in [0.15, 0.2) is 12.1 Å². The zero-order valence-corrected chi connectivity index (χ0v) is 10.1. The van der Waals surface area contributed by atoms with E-state index in [0.717, 1.165) is 0 Å². The number of hydrogen-bond acceptors (Lipinski definition) is 5. The molecule has 0 heterocycles. The van der Waals surface area contributed by atoms with Crippen molar-refractivity contribution in [2.75, 3.05) is 6.61 Å². The Labute approximate surface area is 104 Å². The van der Waals surface area contributed by atoms with Gasteiger partial charge in [0.15, 0.2) is 6.29 Å². The summed E-state index contributed by atoms with van der Waals surface area (Å²) in [4.78, 5) is 32.3. The van der Waals surface area contributed by atoms with E-state index in [4.69, 9.17) is 4.74 Å². The highest BCUT2D eigenvalue weighted by molar-refractivity contribution is 5.81. The molecule has 1 aromatic carbocycles. The van der Waals surface area contributed by atoms with Crippen molar-refractivity contribution in [2.24, 2.45) is 0 Å². The highest BCUT2D eigenvalue weighted by Gasteiger charge is 2.19. The summed E-state index contributed by atoms with van der Waals surface area (Å²) in [6.45, 7) is 3.53. The number of rotatable bonds is 5. The van der Waals surface area contributed by atoms with Crippen LogP contribution in [-0.2, 0) is 16.0 Å². The first-order valence-electron chi connectivity index (χ1n) is 5.38. The third-order valence-corrected chi connectivity index (χ3v) is 2.43. The maximum absolute atomic E-state index is 11.3. The molecule has 0 unspecified atom stereocenters. The number of hydrogen-bond donors (Lipinski definition) is 0. The average molecular weight is 251 g/mol. The summed E-state index contributed by atoms with van der Waals surface area (Å²) >= 11 is 0. The second kappa shape index (κ2) is 5.90. The Morgan fingerprint density at radius 3 is 2.67 bits per heavy atom. The molecule has 0 aliphatic rings. The molecule has 0 saturated carbocycles. The number of nitro groups is 1. The van der Waals surface area contributed by atoms with Crippen molar-refractivity contribution in [3.63, 3.8) is 0 Å². The number of aldehydes is 1. The van der Waals surface area contributed by atoms with Crippen LogP contribution >= 0.6 is 0 Å². The van der Waals surface area contributed by atoms with E-state index in [1.54, 1.807) is 13.8 Å². The lowest BCUT2D eigenvalue weighted by molar-refractivity contribution is -0.385. The van der Waals surface area contributed by atoms with E-state index < -0.39 is 10.9 Å². The molecule has 6 nitrogen and oxygen atoms in total. The molecule has 0 radical (unpaired) electrons. The summed E-state index contributed by atoms with van der Waals surface area (Å²) in [5.74, 6) is -0.529. The van der Waals surface area contributed by atoms with Crippen molar-refractivity contribution in [1.82, 2.24) is 0 Å². The van der Waals surface area contributed by atoms with E-state index in [9.17, 15) is 19.7 Å². The van der Waals surface area contributed by atoms with Crippen molar-refractivity contribution in [3.8, 4) is 0 Å². The molecule has 1 aromatic rings. The number of ether oxygens (including phenoxy) is 1. The van der Waals surface area contributed by atoms with Crippen molar-refractivity contribution >= 4 is 17.9 Å². The van der Waals surface area contributed by atoms with E-state index in [2.05, 4.69) is 0 Å². The first kappa shape index (κ1) is 13.8. The van der Waals surface area contributed by atoms with E-state index in [1.807, 2.05) is 0 Å². The van der Waals surface area contributed by atoms with E-state index >= 15 is 0 Å². The third-order valence-electron chi connectivity index (χ3n) is 2.43. The fourth-order valence-electron chi connectivity index (χ4n) is 1.58. The van der Waals surface area contributed by atoms with Gasteiger partial charge >= 0.3 is 5.97 Å². The van der Waals surface area contributed by atoms with Crippen molar-refractivity contribution in [3.05, 3.63) is 38.9 Å². The molecule has 0 N–H and O–H groups in total. The standard InChI is InChI=1S/C12H13NO5/c1-3-18-12(15)6-9-4-8(2)10(7-14)5-11(9)13(16)17/h4-5,7H,3,6H2,1-2H3. The molecule has 6 heteroatoms. The second-order valence-electron chi connectivity index (χ2n) is 3.69. The Kier molecular flexibility index (Phi) is 4.53. The lowest BCUT2D eigenvalue weighted by Crippen LogP contribution is -2.10. The second-order valence-corrected chi connectivity index (χ2v) is 3.69. The minimum absolute atomic E-state index is 0.176. The molecule has 0 aromatic heterocycles. The molecule has 0 aliphatic heterocycles. The summed E-state index contributed by atoms with van der Waals surface area (Å²) in [6.07, 6.45) is 0.376. The Hall–Kier alpha value is -2.24. The number of nitro benzene ring substituents is 1. The molecule has 0 saturated heterocycles. The predicted octanol–water partition coefficient (Wildman–Crippen LogP) is 1.82. The zero-order chi connectivity index (χ0) is 13.7. The maximum atomic E-state index is 11.3. The highest BCUT2D eigenvalue weighted by atomic mass is 16.6. The van der Waals surface area contributed by atoms with E-state index in [-0.39, 0.29) is 29.8 Å². The summed E-state index contributed by atoms with van der Waals surface area (Å²) in [5, 5.41) is 10.9. The number of carbonyl (C=O) groups is 2. The van der Waals surface area contributed by atoms with Gasteiger partial charge in [-0.3, -0.25) is 19.7 Å². The van der Waals surface area contributed by atoms with Gasteiger partial charge in [0.25, 0.3) is 5.69 Å². The molecular weight excluding hydrogens is 238 g/mol. The Morgan fingerprint density at radius 1 is 1.50 bits per heavy atom. The Balaban J connectivity index is 3.17. The van der Waals surface area contributed by atoms with Gasteiger partial charge < -0.3 is 4.74 Å². The van der Waals surface area contributed by atoms with Crippen molar-refractivity contribution in [2.45, 2.75) is 20.3 Å². The molecule has 1 rings (SSSR count). The first-order chi connectivity index (χ1) is 8.49. The van der Waals surface area contributed by atoms with Gasteiger partial charge in [-0.05, 0) is 25.5 Å². The Bertz CT molecular complexity index is 495. The van der Waals surface area contributed by atoms with Gasteiger partial charge in [0, 0.05) is 17.2 Å². The van der Waals surface area contributed by atoms with Gasteiger partial charge in [-0.15, -0.1) is 0 Å². The normalized spacial score (nSPS) is 9.89. The first-order valence-corrected chi connectivity index (χ1v) is 5.38. The van der Waals surface area contributed by atoms with Crippen LogP contribution in [0.2, 0.25) is 0 Å². The predicted molar refractivity (Wildman–Crippen MR) is 63.6 cm³/mol. The van der Waals surface area contributed by atoms with Crippen LogP contribution in [0, 0.1) is 17.0 Å². The third kappa shape index (κ3) is 3.13.